The smallest absolute Gasteiger partial charge is 0.338 e. The van der Waals surface area contributed by atoms with E-state index in [2.05, 4.69) is 0 Å². The van der Waals surface area contributed by atoms with Gasteiger partial charge in [0.15, 0.2) is 0 Å². The van der Waals surface area contributed by atoms with Gasteiger partial charge in [-0.15, -0.1) is 0 Å². The van der Waals surface area contributed by atoms with Crippen molar-refractivity contribution in [2.45, 2.75) is 20.5 Å². The zero-order valence-corrected chi connectivity index (χ0v) is 12.4. The van der Waals surface area contributed by atoms with Gasteiger partial charge in [0, 0.05) is 5.02 Å². The summed E-state index contributed by atoms with van der Waals surface area (Å²) in [7, 11) is 0. The highest BCUT2D eigenvalue weighted by molar-refractivity contribution is 6.32. The third-order valence-electron chi connectivity index (χ3n) is 3.08. The molecule has 5 heteroatoms. The summed E-state index contributed by atoms with van der Waals surface area (Å²) >= 11 is 6.07. The summed E-state index contributed by atoms with van der Waals surface area (Å²) in [6.45, 7) is 3.91. The number of hydrogen-bond donors (Lipinski definition) is 1. The Hall–Kier alpha value is -2.07. The molecule has 110 valence electrons. The SMILES string of the molecule is Cc1cc(OCc2ccc(C(=O)O)c(F)c2)cc(C)c1Cl. The van der Waals surface area contributed by atoms with Gasteiger partial charge in [-0.3, -0.25) is 0 Å². The molecule has 0 saturated heterocycles. The minimum Gasteiger partial charge on any atom is -0.489 e. The molecule has 0 bridgehead atoms. The minimum absolute atomic E-state index is 0.150. The number of carboxylic acid groups (broad SMARTS) is 1. The molecule has 1 N–H and O–H groups in total. The van der Waals surface area contributed by atoms with Crippen LogP contribution in [0.15, 0.2) is 30.3 Å². The number of carbonyl (C=O) groups is 1. The number of rotatable bonds is 4. The number of hydrogen-bond acceptors (Lipinski definition) is 2. The maximum atomic E-state index is 13.6. The Morgan fingerprint density at radius 3 is 2.38 bits per heavy atom. The van der Waals surface area contributed by atoms with Gasteiger partial charge in [-0.2, -0.15) is 0 Å². The first kappa shape index (κ1) is 15.3. The zero-order chi connectivity index (χ0) is 15.6. The van der Waals surface area contributed by atoms with Crippen LogP contribution in [0, 0.1) is 19.7 Å². The summed E-state index contributed by atoms with van der Waals surface area (Å²) in [5.41, 5.74) is 2.01. The van der Waals surface area contributed by atoms with Gasteiger partial charge in [-0.05, 0) is 54.8 Å². The normalized spacial score (nSPS) is 10.5. The van der Waals surface area contributed by atoms with E-state index in [9.17, 15) is 9.18 Å². The second kappa shape index (κ2) is 6.14. The number of ether oxygens (including phenoxy) is 1. The predicted octanol–water partition coefficient (Wildman–Crippen LogP) is 4.37. The molecule has 0 aliphatic rings. The monoisotopic (exact) mass is 308 g/mol. The highest BCUT2D eigenvalue weighted by Crippen LogP contribution is 2.26. The molecule has 2 rings (SSSR count). The van der Waals surface area contributed by atoms with Gasteiger partial charge in [0.25, 0.3) is 0 Å². The van der Waals surface area contributed by atoms with E-state index >= 15 is 0 Å². The molecule has 0 aliphatic carbocycles. The highest BCUT2D eigenvalue weighted by Gasteiger charge is 2.11. The van der Waals surface area contributed by atoms with Crippen LogP contribution in [0.1, 0.15) is 27.0 Å². The first-order valence-corrected chi connectivity index (χ1v) is 6.67. The lowest BCUT2D eigenvalue weighted by Crippen LogP contribution is -2.03. The Labute approximate surface area is 126 Å². The van der Waals surface area contributed by atoms with Gasteiger partial charge >= 0.3 is 5.97 Å². The lowest BCUT2D eigenvalue weighted by molar-refractivity contribution is 0.0692. The van der Waals surface area contributed by atoms with Crippen molar-refractivity contribution in [2.75, 3.05) is 0 Å². The summed E-state index contributed by atoms with van der Waals surface area (Å²) in [6, 6.07) is 7.53. The lowest BCUT2D eigenvalue weighted by Gasteiger charge is -2.10. The van der Waals surface area contributed by atoms with E-state index in [4.69, 9.17) is 21.4 Å². The average molecular weight is 309 g/mol. The van der Waals surface area contributed by atoms with E-state index < -0.39 is 11.8 Å². The molecule has 0 unspecified atom stereocenters. The van der Waals surface area contributed by atoms with E-state index in [0.717, 1.165) is 11.1 Å². The molecule has 0 radical (unpaired) electrons. The predicted molar refractivity (Wildman–Crippen MR) is 78.6 cm³/mol. The molecule has 0 amide bonds. The Kier molecular flexibility index (Phi) is 4.48. The molecule has 0 aromatic heterocycles. The van der Waals surface area contributed by atoms with Crippen molar-refractivity contribution >= 4 is 17.6 Å². The zero-order valence-electron chi connectivity index (χ0n) is 11.6. The Balaban J connectivity index is 2.13. The summed E-state index contributed by atoms with van der Waals surface area (Å²) < 4.78 is 19.1. The van der Waals surface area contributed by atoms with E-state index in [1.165, 1.54) is 18.2 Å². The third-order valence-corrected chi connectivity index (χ3v) is 3.68. The van der Waals surface area contributed by atoms with Gasteiger partial charge in [0.1, 0.15) is 18.2 Å². The summed E-state index contributed by atoms with van der Waals surface area (Å²) in [4.78, 5) is 10.7. The minimum atomic E-state index is -1.29. The van der Waals surface area contributed by atoms with Crippen molar-refractivity contribution in [1.82, 2.24) is 0 Å². The van der Waals surface area contributed by atoms with E-state index in [0.29, 0.717) is 16.3 Å². The van der Waals surface area contributed by atoms with Gasteiger partial charge in [-0.1, -0.05) is 17.7 Å². The first-order valence-electron chi connectivity index (χ1n) is 6.29. The Bertz CT molecular complexity index is 675. The second-order valence-electron chi connectivity index (χ2n) is 4.78. The van der Waals surface area contributed by atoms with E-state index in [1.54, 1.807) is 12.1 Å². The van der Waals surface area contributed by atoms with Crippen molar-refractivity contribution in [3.8, 4) is 5.75 Å². The maximum absolute atomic E-state index is 13.6. The maximum Gasteiger partial charge on any atom is 0.338 e. The van der Waals surface area contributed by atoms with Crippen LogP contribution < -0.4 is 4.74 Å². The largest absolute Gasteiger partial charge is 0.489 e. The van der Waals surface area contributed by atoms with E-state index in [-0.39, 0.29) is 12.2 Å². The fraction of sp³-hybridized carbons (Fsp3) is 0.188. The van der Waals surface area contributed by atoms with Gasteiger partial charge in [0.2, 0.25) is 0 Å². The van der Waals surface area contributed by atoms with Crippen molar-refractivity contribution in [1.29, 1.82) is 0 Å². The van der Waals surface area contributed by atoms with Gasteiger partial charge < -0.3 is 9.84 Å². The molecule has 2 aromatic carbocycles. The first-order chi connectivity index (χ1) is 9.88. The fourth-order valence-electron chi connectivity index (χ4n) is 1.98. The molecule has 0 saturated carbocycles. The number of carboxylic acids is 1. The van der Waals surface area contributed by atoms with Crippen molar-refractivity contribution in [3.05, 3.63) is 63.4 Å². The van der Waals surface area contributed by atoms with Gasteiger partial charge in [0.05, 0.1) is 5.56 Å². The molecule has 21 heavy (non-hydrogen) atoms. The van der Waals surface area contributed by atoms with Crippen molar-refractivity contribution in [2.24, 2.45) is 0 Å². The summed E-state index contributed by atoms with van der Waals surface area (Å²) in [5, 5.41) is 9.46. The molecule has 0 atom stereocenters. The van der Waals surface area contributed by atoms with Gasteiger partial charge in [-0.25, -0.2) is 9.18 Å². The Morgan fingerprint density at radius 2 is 1.86 bits per heavy atom. The molecule has 0 spiro atoms. The van der Waals surface area contributed by atoms with Crippen LogP contribution in [0.2, 0.25) is 5.02 Å². The summed E-state index contributed by atoms with van der Waals surface area (Å²) in [5.74, 6) is -1.42. The molecular weight excluding hydrogens is 295 g/mol. The van der Waals surface area contributed by atoms with Crippen LogP contribution in [0.25, 0.3) is 0 Å². The number of benzene rings is 2. The molecular formula is C16H14ClFO3. The van der Waals surface area contributed by atoms with Crippen molar-refractivity contribution in [3.63, 3.8) is 0 Å². The van der Waals surface area contributed by atoms with Crippen LogP contribution >= 0.6 is 11.6 Å². The van der Waals surface area contributed by atoms with Crippen LogP contribution in [0.3, 0.4) is 0 Å². The highest BCUT2D eigenvalue weighted by atomic mass is 35.5. The topological polar surface area (TPSA) is 46.5 Å². The van der Waals surface area contributed by atoms with Crippen molar-refractivity contribution < 1.29 is 19.0 Å². The van der Waals surface area contributed by atoms with Crippen LogP contribution in [-0.2, 0) is 6.61 Å². The molecule has 2 aromatic rings. The fourth-order valence-corrected chi connectivity index (χ4v) is 2.09. The average Bonchev–Trinajstić information content (AvgIpc) is 2.42. The lowest BCUT2D eigenvalue weighted by atomic mass is 10.1. The quantitative estimate of drug-likeness (QED) is 0.912. The molecule has 3 nitrogen and oxygen atoms in total. The number of aromatic carboxylic acids is 1. The molecule has 0 fully saturated rings. The molecule has 0 heterocycles. The van der Waals surface area contributed by atoms with Crippen LogP contribution in [0.5, 0.6) is 5.75 Å². The third kappa shape index (κ3) is 3.52. The van der Waals surface area contributed by atoms with Crippen LogP contribution in [0.4, 0.5) is 4.39 Å². The Morgan fingerprint density at radius 1 is 1.24 bits per heavy atom. The summed E-state index contributed by atoms with van der Waals surface area (Å²) in [6.07, 6.45) is 0. The molecule has 0 aliphatic heterocycles. The van der Waals surface area contributed by atoms with E-state index in [1.807, 2.05) is 13.8 Å². The van der Waals surface area contributed by atoms with Crippen LogP contribution in [-0.4, -0.2) is 11.1 Å². The number of aryl methyl sites for hydroxylation is 2. The number of halogens is 2. The standard InChI is InChI=1S/C16H14ClFO3/c1-9-5-12(6-10(2)15(9)17)21-8-11-3-4-13(16(19)20)14(18)7-11/h3-7H,8H2,1-2H3,(H,19,20). The second-order valence-corrected chi connectivity index (χ2v) is 5.16.